The number of benzene rings is 1. The van der Waals surface area contributed by atoms with Gasteiger partial charge in [0.15, 0.2) is 5.82 Å². The van der Waals surface area contributed by atoms with Crippen molar-refractivity contribution in [2.75, 3.05) is 35.0 Å². The molecule has 5 heterocycles. The van der Waals surface area contributed by atoms with Crippen LogP contribution in [-0.4, -0.2) is 46.9 Å². The highest BCUT2D eigenvalue weighted by atomic mass is 19.1. The van der Waals surface area contributed by atoms with E-state index in [0.29, 0.717) is 37.0 Å². The molecule has 3 aromatic rings. The van der Waals surface area contributed by atoms with Crippen molar-refractivity contribution in [3.63, 3.8) is 0 Å². The molecular weight excluding hydrogens is 399 g/mol. The van der Waals surface area contributed by atoms with Crippen LogP contribution in [0, 0.1) is 5.95 Å². The topological polar surface area (TPSA) is 75.6 Å². The Morgan fingerprint density at radius 2 is 2.00 bits per heavy atom. The van der Waals surface area contributed by atoms with E-state index in [1.807, 2.05) is 18.2 Å². The molecule has 2 aromatic heterocycles. The smallest absolute Gasteiger partial charge is 0.236 e. The zero-order chi connectivity index (χ0) is 20.8. The highest BCUT2D eigenvalue weighted by Gasteiger charge is 2.47. The summed E-state index contributed by atoms with van der Waals surface area (Å²) in [5, 5.41) is 4.85. The average molecular weight is 420 g/mol. The van der Waals surface area contributed by atoms with E-state index in [-0.39, 0.29) is 11.7 Å². The SMILES string of the molecule is Fc1ncc(N2CC3OC[C@H]32)cc1Nc1cc(N2OCC[C@@H]2c2ccccc2)ncn1. The van der Waals surface area contributed by atoms with Crippen LogP contribution in [0.25, 0.3) is 0 Å². The Hall–Kier alpha value is -3.30. The maximum absolute atomic E-state index is 14.4. The van der Waals surface area contributed by atoms with Crippen LogP contribution in [0.3, 0.4) is 0 Å². The Balaban J connectivity index is 1.24. The highest BCUT2D eigenvalue weighted by Crippen LogP contribution is 2.37. The van der Waals surface area contributed by atoms with Gasteiger partial charge in [0.05, 0.1) is 49.0 Å². The van der Waals surface area contributed by atoms with E-state index in [1.165, 1.54) is 6.33 Å². The first-order chi connectivity index (χ1) is 15.3. The lowest BCUT2D eigenvalue weighted by molar-refractivity contribution is -0.113. The molecule has 0 bridgehead atoms. The van der Waals surface area contributed by atoms with Gasteiger partial charge in [0.25, 0.3) is 0 Å². The molecule has 1 N–H and O–H groups in total. The molecular formula is C22H21FN6O2. The standard InChI is InChI=1S/C22H21FN6O2/c23-22-16(8-15(10-24-22)28-11-19-18(28)12-30-19)27-20-9-21(26-13-25-20)29-17(6-7-31-29)14-4-2-1-3-5-14/h1-5,8-10,13,17-19H,6-7,11-12H2,(H,25,26,27)/t17-,18-,19?/m1/s1. The number of hydrogen-bond acceptors (Lipinski definition) is 8. The molecule has 0 radical (unpaired) electrons. The molecule has 0 amide bonds. The summed E-state index contributed by atoms with van der Waals surface area (Å²) in [6.45, 7) is 2.12. The second-order valence-electron chi connectivity index (χ2n) is 7.88. The fraction of sp³-hybridized carbons (Fsp3) is 0.318. The Morgan fingerprint density at radius 3 is 2.77 bits per heavy atom. The number of halogens is 1. The predicted octanol–water partition coefficient (Wildman–Crippen LogP) is 3.22. The molecule has 9 heteroatoms. The molecule has 3 fully saturated rings. The molecule has 1 unspecified atom stereocenters. The molecule has 1 aromatic carbocycles. The van der Waals surface area contributed by atoms with Crippen molar-refractivity contribution in [3.05, 3.63) is 66.5 Å². The van der Waals surface area contributed by atoms with Gasteiger partial charge in [-0.25, -0.2) is 20.0 Å². The lowest BCUT2D eigenvalue weighted by atomic mass is 9.94. The Labute approximate surface area is 178 Å². The summed E-state index contributed by atoms with van der Waals surface area (Å²) in [4.78, 5) is 20.6. The number of hydroxylamine groups is 1. The Morgan fingerprint density at radius 1 is 1.10 bits per heavy atom. The molecule has 6 rings (SSSR count). The third kappa shape index (κ3) is 3.26. The summed E-state index contributed by atoms with van der Waals surface area (Å²) < 4.78 is 19.9. The van der Waals surface area contributed by atoms with Crippen LogP contribution < -0.4 is 15.3 Å². The third-order valence-electron chi connectivity index (χ3n) is 6.07. The van der Waals surface area contributed by atoms with E-state index in [4.69, 9.17) is 9.57 Å². The first-order valence-electron chi connectivity index (χ1n) is 10.4. The summed E-state index contributed by atoms with van der Waals surface area (Å²) in [5.41, 5.74) is 2.30. The van der Waals surface area contributed by atoms with E-state index < -0.39 is 5.95 Å². The van der Waals surface area contributed by atoms with Crippen molar-refractivity contribution in [1.29, 1.82) is 0 Å². The minimum Gasteiger partial charge on any atom is -0.372 e. The van der Waals surface area contributed by atoms with E-state index in [9.17, 15) is 4.39 Å². The van der Waals surface area contributed by atoms with Crippen LogP contribution in [0.2, 0.25) is 0 Å². The normalized spacial score (nSPS) is 24.4. The van der Waals surface area contributed by atoms with Crippen LogP contribution >= 0.6 is 0 Å². The zero-order valence-electron chi connectivity index (χ0n) is 16.7. The summed E-state index contributed by atoms with van der Waals surface area (Å²) in [7, 11) is 0. The number of anilines is 4. The number of fused-ring (bicyclic) bond motifs is 1. The molecule has 0 spiro atoms. The quantitative estimate of drug-likeness (QED) is 0.631. The van der Waals surface area contributed by atoms with Gasteiger partial charge >= 0.3 is 0 Å². The summed E-state index contributed by atoms with van der Waals surface area (Å²) in [5.74, 6) is 0.509. The van der Waals surface area contributed by atoms with Crippen LogP contribution in [-0.2, 0) is 9.57 Å². The zero-order valence-corrected chi connectivity index (χ0v) is 16.7. The number of aromatic nitrogens is 3. The predicted molar refractivity (Wildman–Crippen MR) is 113 cm³/mol. The van der Waals surface area contributed by atoms with Gasteiger partial charge < -0.3 is 15.0 Å². The van der Waals surface area contributed by atoms with Gasteiger partial charge in [-0.3, -0.25) is 4.84 Å². The van der Waals surface area contributed by atoms with Crippen molar-refractivity contribution in [3.8, 4) is 0 Å². The molecule has 0 saturated carbocycles. The molecule has 3 aliphatic rings. The van der Waals surface area contributed by atoms with Gasteiger partial charge in [0.2, 0.25) is 5.95 Å². The fourth-order valence-electron chi connectivity index (χ4n) is 4.30. The second-order valence-corrected chi connectivity index (χ2v) is 7.88. The minimum atomic E-state index is -0.578. The van der Waals surface area contributed by atoms with Gasteiger partial charge in [-0.1, -0.05) is 30.3 Å². The monoisotopic (exact) mass is 420 g/mol. The Kier molecular flexibility index (Phi) is 4.43. The lowest BCUT2D eigenvalue weighted by Crippen LogP contribution is -2.70. The number of nitrogens with one attached hydrogen (secondary N) is 1. The van der Waals surface area contributed by atoms with Gasteiger partial charge in [-0.2, -0.15) is 4.39 Å². The minimum absolute atomic E-state index is 0.0646. The number of nitrogens with zero attached hydrogens (tertiary/aromatic N) is 5. The van der Waals surface area contributed by atoms with Gasteiger partial charge in [0.1, 0.15) is 12.1 Å². The second kappa shape index (κ2) is 7.44. The first-order valence-corrected chi connectivity index (χ1v) is 10.4. The van der Waals surface area contributed by atoms with Crippen molar-refractivity contribution < 1.29 is 14.0 Å². The molecule has 31 heavy (non-hydrogen) atoms. The van der Waals surface area contributed by atoms with Crippen LogP contribution in [0.4, 0.5) is 27.4 Å². The summed E-state index contributed by atoms with van der Waals surface area (Å²) in [6.07, 6.45) is 4.16. The molecule has 3 saturated heterocycles. The third-order valence-corrected chi connectivity index (χ3v) is 6.07. The summed E-state index contributed by atoms with van der Waals surface area (Å²) >= 11 is 0. The van der Waals surface area contributed by atoms with E-state index in [0.717, 1.165) is 24.2 Å². The Bertz CT molecular complexity index is 1100. The van der Waals surface area contributed by atoms with Crippen LogP contribution in [0.15, 0.2) is 55.0 Å². The largest absolute Gasteiger partial charge is 0.372 e. The molecule has 3 aliphatic heterocycles. The maximum atomic E-state index is 14.4. The molecule has 158 valence electrons. The number of hydrogen-bond donors (Lipinski definition) is 1. The van der Waals surface area contributed by atoms with Crippen molar-refractivity contribution in [2.24, 2.45) is 0 Å². The summed E-state index contributed by atoms with van der Waals surface area (Å²) in [6, 6.07) is 14.1. The highest BCUT2D eigenvalue weighted by molar-refractivity contribution is 5.65. The van der Waals surface area contributed by atoms with Crippen molar-refractivity contribution >= 4 is 23.0 Å². The van der Waals surface area contributed by atoms with Crippen molar-refractivity contribution in [2.45, 2.75) is 24.6 Å². The maximum Gasteiger partial charge on any atom is 0.236 e. The first kappa shape index (κ1) is 18.5. The average Bonchev–Trinajstić information content (AvgIpc) is 3.28. The number of morpholine rings is 1. The van der Waals surface area contributed by atoms with Crippen LogP contribution in [0.5, 0.6) is 0 Å². The van der Waals surface area contributed by atoms with Crippen molar-refractivity contribution in [1.82, 2.24) is 15.0 Å². The number of ether oxygens (including phenoxy) is 1. The van der Waals surface area contributed by atoms with E-state index in [1.54, 1.807) is 23.4 Å². The van der Waals surface area contributed by atoms with E-state index in [2.05, 4.69) is 37.3 Å². The molecule has 0 aliphatic carbocycles. The number of pyridine rings is 1. The van der Waals surface area contributed by atoms with Gasteiger partial charge in [0, 0.05) is 19.0 Å². The van der Waals surface area contributed by atoms with Gasteiger partial charge in [-0.15, -0.1) is 0 Å². The van der Waals surface area contributed by atoms with E-state index >= 15 is 0 Å². The van der Waals surface area contributed by atoms with Crippen LogP contribution in [0.1, 0.15) is 18.0 Å². The molecule has 3 atom stereocenters. The lowest BCUT2D eigenvalue weighted by Gasteiger charge is -2.55. The number of rotatable bonds is 5. The molecule has 8 nitrogen and oxygen atoms in total. The fourth-order valence-corrected chi connectivity index (χ4v) is 4.30. The van der Waals surface area contributed by atoms with Gasteiger partial charge in [-0.05, 0) is 11.6 Å².